The molecule has 2 aromatic heterocycles. The number of nitrogens with zero attached hydrogens (tertiary/aromatic N) is 2. The maximum atomic E-state index is 11.4. The Morgan fingerprint density at radius 3 is 2.81 bits per heavy atom. The van der Waals surface area contributed by atoms with E-state index >= 15 is 0 Å². The molecule has 3 N–H and O–H groups in total. The van der Waals surface area contributed by atoms with Gasteiger partial charge in [-0.1, -0.05) is 36.4 Å². The first-order chi connectivity index (χ1) is 17.4. The van der Waals surface area contributed by atoms with Gasteiger partial charge in [0.15, 0.2) is 0 Å². The van der Waals surface area contributed by atoms with Gasteiger partial charge in [-0.15, -0.1) is 0 Å². The van der Waals surface area contributed by atoms with Crippen LogP contribution in [0.5, 0.6) is 0 Å². The smallest absolute Gasteiger partial charge is 0.267 e. The fourth-order valence-electron chi connectivity index (χ4n) is 5.71. The standard InChI is InChI=1S/C30H34N4O2/c1-20-16-25(21(2)31-20)19-34(15-14-24-18-33(3)28-7-5-4-6-26(24)28)29-12-10-23-17-22(8-11-27(23)29)9-13-30(35)32-36/h4-9,11,13,16-18,29,31,36H,10,12,14-15,19H2,1-3H3,(H,32,35)/b13-9+. The van der Waals surface area contributed by atoms with E-state index in [0.29, 0.717) is 6.04 Å². The van der Waals surface area contributed by atoms with Crippen molar-refractivity contribution in [1.82, 2.24) is 19.9 Å². The molecule has 2 aromatic carbocycles. The van der Waals surface area contributed by atoms with Gasteiger partial charge in [-0.2, -0.15) is 0 Å². The number of hydrogen-bond acceptors (Lipinski definition) is 3. The number of aromatic nitrogens is 2. The van der Waals surface area contributed by atoms with Crippen LogP contribution in [0.15, 0.2) is 60.8 Å². The van der Waals surface area contributed by atoms with Crippen molar-refractivity contribution < 1.29 is 10.0 Å². The Kier molecular flexibility index (Phi) is 6.81. The van der Waals surface area contributed by atoms with Gasteiger partial charge >= 0.3 is 0 Å². The number of carbonyl (C=O) groups excluding carboxylic acids is 1. The summed E-state index contributed by atoms with van der Waals surface area (Å²) in [4.78, 5) is 17.5. The van der Waals surface area contributed by atoms with E-state index in [1.165, 1.54) is 50.6 Å². The van der Waals surface area contributed by atoms with Crippen molar-refractivity contribution >= 4 is 22.9 Å². The fourth-order valence-corrected chi connectivity index (χ4v) is 5.71. The summed E-state index contributed by atoms with van der Waals surface area (Å²) in [5.41, 5.74) is 11.8. The van der Waals surface area contributed by atoms with E-state index in [4.69, 9.17) is 5.21 Å². The predicted octanol–water partition coefficient (Wildman–Crippen LogP) is 5.37. The van der Waals surface area contributed by atoms with E-state index in [1.807, 2.05) is 0 Å². The molecule has 1 aliphatic carbocycles. The molecular formula is C30H34N4O2. The number of para-hydroxylation sites is 1. The molecule has 36 heavy (non-hydrogen) atoms. The average molecular weight is 483 g/mol. The zero-order chi connectivity index (χ0) is 25.2. The van der Waals surface area contributed by atoms with Crippen LogP contribution in [0, 0.1) is 13.8 Å². The van der Waals surface area contributed by atoms with Crippen molar-refractivity contribution in [3.8, 4) is 0 Å². The van der Waals surface area contributed by atoms with Gasteiger partial charge in [0.05, 0.1) is 0 Å². The third-order valence-corrected chi connectivity index (χ3v) is 7.47. The van der Waals surface area contributed by atoms with Crippen LogP contribution in [0.2, 0.25) is 0 Å². The normalized spacial score (nSPS) is 15.3. The monoisotopic (exact) mass is 482 g/mol. The molecule has 1 unspecified atom stereocenters. The number of benzene rings is 2. The van der Waals surface area contributed by atoms with Gasteiger partial charge in [-0.05, 0) is 79.1 Å². The lowest BCUT2D eigenvalue weighted by molar-refractivity contribution is -0.124. The number of carbonyl (C=O) groups is 1. The molecule has 5 rings (SSSR count). The third kappa shape index (κ3) is 4.87. The van der Waals surface area contributed by atoms with Crippen LogP contribution in [0.4, 0.5) is 0 Å². The number of hydroxylamine groups is 1. The summed E-state index contributed by atoms with van der Waals surface area (Å²) in [6, 6.07) is 17.7. The van der Waals surface area contributed by atoms with Crippen molar-refractivity contribution in [1.29, 1.82) is 0 Å². The number of nitrogens with one attached hydrogen (secondary N) is 2. The van der Waals surface area contributed by atoms with E-state index < -0.39 is 5.91 Å². The minimum Gasteiger partial charge on any atom is -0.362 e. The van der Waals surface area contributed by atoms with Gasteiger partial charge in [-0.25, -0.2) is 5.48 Å². The van der Waals surface area contributed by atoms with E-state index in [2.05, 4.69) is 90.1 Å². The fraction of sp³-hybridized carbons (Fsp3) is 0.300. The number of aromatic amines is 1. The summed E-state index contributed by atoms with van der Waals surface area (Å²) in [7, 11) is 2.12. The number of amides is 1. The van der Waals surface area contributed by atoms with Gasteiger partial charge in [0.1, 0.15) is 0 Å². The molecule has 0 fully saturated rings. The summed E-state index contributed by atoms with van der Waals surface area (Å²) in [5, 5.41) is 10.1. The van der Waals surface area contributed by atoms with Gasteiger partial charge in [0.25, 0.3) is 5.91 Å². The third-order valence-electron chi connectivity index (χ3n) is 7.47. The second-order valence-electron chi connectivity index (χ2n) is 9.93. The molecule has 4 aromatic rings. The topological polar surface area (TPSA) is 73.3 Å². The summed E-state index contributed by atoms with van der Waals surface area (Å²) in [5.74, 6) is -0.523. The average Bonchev–Trinajstić information content (AvgIpc) is 3.54. The second-order valence-corrected chi connectivity index (χ2v) is 9.93. The molecule has 2 heterocycles. The molecule has 0 radical (unpaired) electrons. The number of hydrogen-bond donors (Lipinski definition) is 3. The maximum Gasteiger partial charge on any atom is 0.267 e. The van der Waals surface area contributed by atoms with Gasteiger partial charge in [0, 0.05) is 60.7 Å². The molecule has 0 saturated heterocycles. The summed E-state index contributed by atoms with van der Waals surface area (Å²) < 4.78 is 2.23. The van der Waals surface area contributed by atoms with E-state index in [0.717, 1.165) is 37.9 Å². The Bertz CT molecular complexity index is 1430. The van der Waals surface area contributed by atoms with Gasteiger partial charge in [0.2, 0.25) is 0 Å². The van der Waals surface area contributed by atoms with Crippen LogP contribution in [0.3, 0.4) is 0 Å². The van der Waals surface area contributed by atoms with Crippen LogP contribution >= 0.6 is 0 Å². The van der Waals surface area contributed by atoms with E-state index in [-0.39, 0.29) is 0 Å². The molecule has 0 bridgehead atoms. The van der Waals surface area contributed by atoms with Crippen molar-refractivity contribution in [2.24, 2.45) is 7.05 Å². The minimum atomic E-state index is -0.523. The number of fused-ring (bicyclic) bond motifs is 2. The Labute approximate surface area is 212 Å². The van der Waals surface area contributed by atoms with E-state index in [9.17, 15) is 4.79 Å². The van der Waals surface area contributed by atoms with Crippen molar-refractivity contribution in [3.63, 3.8) is 0 Å². The number of aryl methyl sites for hydroxylation is 4. The highest BCUT2D eigenvalue weighted by atomic mass is 16.5. The number of H-pyrrole nitrogens is 1. The Hall–Kier alpha value is -3.61. The van der Waals surface area contributed by atoms with E-state index in [1.54, 1.807) is 11.6 Å². The zero-order valence-electron chi connectivity index (χ0n) is 21.2. The Morgan fingerprint density at radius 2 is 2.03 bits per heavy atom. The van der Waals surface area contributed by atoms with Crippen LogP contribution in [0.25, 0.3) is 17.0 Å². The lowest BCUT2D eigenvalue weighted by Crippen LogP contribution is -2.29. The molecule has 6 heteroatoms. The Morgan fingerprint density at radius 1 is 1.19 bits per heavy atom. The van der Waals surface area contributed by atoms with Crippen LogP contribution in [0.1, 0.15) is 51.7 Å². The van der Waals surface area contributed by atoms with Crippen LogP contribution < -0.4 is 5.48 Å². The predicted molar refractivity (Wildman–Crippen MR) is 144 cm³/mol. The van der Waals surface area contributed by atoms with Crippen LogP contribution in [-0.2, 0) is 31.2 Å². The number of rotatable bonds is 8. The molecule has 1 amide bonds. The Balaban J connectivity index is 1.42. The quantitative estimate of drug-likeness (QED) is 0.179. The first-order valence-corrected chi connectivity index (χ1v) is 12.6. The summed E-state index contributed by atoms with van der Waals surface area (Å²) in [6.07, 6.45) is 8.46. The molecule has 6 nitrogen and oxygen atoms in total. The minimum absolute atomic E-state index is 0.350. The molecule has 1 aliphatic rings. The maximum absolute atomic E-state index is 11.4. The van der Waals surface area contributed by atoms with Crippen molar-refractivity contribution in [2.75, 3.05) is 6.54 Å². The summed E-state index contributed by atoms with van der Waals surface area (Å²) in [6.45, 7) is 6.16. The lowest BCUT2D eigenvalue weighted by atomic mass is 10.0. The van der Waals surface area contributed by atoms with Crippen molar-refractivity contribution in [2.45, 2.75) is 45.7 Å². The molecule has 0 saturated carbocycles. The molecule has 1 atom stereocenters. The first kappa shape index (κ1) is 24.1. The zero-order valence-corrected chi connectivity index (χ0v) is 21.2. The molecule has 0 aliphatic heterocycles. The molecule has 0 spiro atoms. The SMILES string of the molecule is Cc1cc(CN(CCc2cn(C)c3ccccc23)C2CCc3cc(/C=C/C(=O)NO)ccc32)c(C)[nH]1. The molecule has 186 valence electrons. The highest BCUT2D eigenvalue weighted by Gasteiger charge is 2.28. The van der Waals surface area contributed by atoms with Gasteiger partial charge in [-0.3, -0.25) is 14.9 Å². The largest absolute Gasteiger partial charge is 0.362 e. The van der Waals surface area contributed by atoms with Gasteiger partial charge < -0.3 is 9.55 Å². The lowest BCUT2D eigenvalue weighted by Gasteiger charge is -2.30. The van der Waals surface area contributed by atoms with Crippen molar-refractivity contribution in [3.05, 3.63) is 100 Å². The highest BCUT2D eigenvalue weighted by molar-refractivity contribution is 5.90. The highest BCUT2D eigenvalue weighted by Crippen LogP contribution is 2.38. The summed E-state index contributed by atoms with van der Waals surface area (Å²) >= 11 is 0. The molecular weight excluding hydrogens is 448 g/mol. The second kappa shape index (κ2) is 10.2. The first-order valence-electron chi connectivity index (χ1n) is 12.6. The van der Waals surface area contributed by atoms with Crippen LogP contribution in [-0.4, -0.2) is 32.1 Å².